The van der Waals surface area contributed by atoms with Crippen molar-refractivity contribution in [3.63, 3.8) is 0 Å². The van der Waals surface area contributed by atoms with Crippen molar-refractivity contribution < 1.29 is 14.7 Å². The second kappa shape index (κ2) is 6.20. The van der Waals surface area contributed by atoms with E-state index in [1.54, 1.807) is 11.6 Å². The van der Waals surface area contributed by atoms with E-state index in [-0.39, 0.29) is 23.6 Å². The Morgan fingerprint density at radius 2 is 2.00 bits per heavy atom. The van der Waals surface area contributed by atoms with Gasteiger partial charge in [0.2, 0.25) is 0 Å². The van der Waals surface area contributed by atoms with Gasteiger partial charge in [-0.1, -0.05) is 23.4 Å². The lowest BCUT2D eigenvalue weighted by Crippen LogP contribution is -2.34. The highest BCUT2D eigenvalue weighted by Crippen LogP contribution is 2.26. The molecule has 1 saturated carbocycles. The number of para-hydroxylation sites is 1. The van der Waals surface area contributed by atoms with Gasteiger partial charge in [-0.2, -0.15) is 0 Å². The number of benzene rings is 1. The fraction of sp³-hybridized carbons (Fsp3) is 0.375. The molecule has 0 spiro atoms. The maximum absolute atomic E-state index is 12.4. The highest BCUT2D eigenvalue weighted by atomic mass is 16.4. The summed E-state index contributed by atoms with van der Waals surface area (Å²) in [6, 6.07) is 9.34. The van der Waals surface area contributed by atoms with Crippen molar-refractivity contribution in [1.82, 2.24) is 20.3 Å². The molecule has 0 bridgehead atoms. The summed E-state index contributed by atoms with van der Waals surface area (Å²) < 4.78 is 1.61. The Hall–Kier alpha value is -2.70. The Kier molecular flexibility index (Phi) is 4.10. The largest absolute Gasteiger partial charge is 0.481 e. The standard InChI is InChI=1S/C16H18N4O3/c1-10-14(18-19-20(10)13-5-3-2-4-6-13)15(21)17-12-8-7-11(9-12)16(22)23/h2-6,11-12H,7-9H2,1H3,(H,17,21)(H,22,23)/t11-,12+/m0/s1. The van der Waals surface area contributed by atoms with Crippen molar-refractivity contribution in [2.45, 2.75) is 32.2 Å². The van der Waals surface area contributed by atoms with Gasteiger partial charge in [0.15, 0.2) is 5.69 Å². The summed E-state index contributed by atoms with van der Waals surface area (Å²) in [6.07, 6.45) is 1.73. The first-order valence-corrected chi connectivity index (χ1v) is 7.57. The van der Waals surface area contributed by atoms with E-state index in [2.05, 4.69) is 15.6 Å². The summed E-state index contributed by atoms with van der Waals surface area (Å²) in [5, 5.41) is 19.9. The number of nitrogens with one attached hydrogen (secondary N) is 1. The van der Waals surface area contributed by atoms with Crippen LogP contribution < -0.4 is 5.32 Å². The maximum atomic E-state index is 12.4. The van der Waals surface area contributed by atoms with E-state index >= 15 is 0 Å². The molecule has 1 aliphatic carbocycles. The molecule has 1 aromatic heterocycles. The van der Waals surface area contributed by atoms with Gasteiger partial charge in [-0.15, -0.1) is 5.10 Å². The predicted octanol–water partition coefficient (Wildman–Crippen LogP) is 1.56. The third-order valence-corrected chi connectivity index (χ3v) is 4.23. The zero-order valence-corrected chi connectivity index (χ0v) is 12.8. The number of hydrogen-bond donors (Lipinski definition) is 2. The van der Waals surface area contributed by atoms with Crippen molar-refractivity contribution in [1.29, 1.82) is 0 Å². The number of carbonyl (C=O) groups excluding carboxylic acids is 1. The van der Waals surface area contributed by atoms with Gasteiger partial charge in [-0.05, 0) is 38.3 Å². The van der Waals surface area contributed by atoms with Gasteiger partial charge in [0.25, 0.3) is 5.91 Å². The quantitative estimate of drug-likeness (QED) is 0.892. The van der Waals surface area contributed by atoms with Crippen LogP contribution in [0, 0.1) is 12.8 Å². The van der Waals surface area contributed by atoms with Gasteiger partial charge in [-0.25, -0.2) is 4.68 Å². The highest BCUT2D eigenvalue weighted by molar-refractivity contribution is 5.93. The monoisotopic (exact) mass is 314 g/mol. The first-order chi connectivity index (χ1) is 11.1. The van der Waals surface area contributed by atoms with Crippen molar-refractivity contribution in [2.24, 2.45) is 5.92 Å². The third-order valence-electron chi connectivity index (χ3n) is 4.23. The molecule has 2 aromatic rings. The van der Waals surface area contributed by atoms with Crippen LogP contribution in [-0.2, 0) is 4.79 Å². The second-order valence-electron chi connectivity index (χ2n) is 5.79. The molecule has 7 nitrogen and oxygen atoms in total. The molecule has 1 aromatic carbocycles. The van der Waals surface area contributed by atoms with Crippen LogP contribution >= 0.6 is 0 Å². The molecule has 1 fully saturated rings. The van der Waals surface area contributed by atoms with Crippen LogP contribution in [0.5, 0.6) is 0 Å². The summed E-state index contributed by atoms with van der Waals surface area (Å²) in [4.78, 5) is 23.3. The van der Waals surface area contributed by atoms with E-state index in [4.69, 9.17) is 5.11 Å². The highest BCUT2D eigenvalue weighted by Gasteiger charge is 2.31. The summed E-state index contributed by atoms with van der Waals surface area (Å²) >= 11 is 0. The number of aromatic nitrogens is 3. The van der Waals surface area contributed by atoms with E-state index in [9.17, 15) is 9.59 Å². The second-order valence-corrected chi connectivity index (χ2v) is 5.79. The Morgan fingerprint density at radius 1 is 1.26 bits per heavy atom. The summed E-state index contributed by atoms with van der Waals surface area (Å²) in [5.74, 6) is -1.48. The zero-order valence-electron chi connectivity index (χ0n) is 12.8. The Balaban J connectivity index is 1.72. The molecule has 120 valence electrons. The average Bonchev–Trinajstić information content (AvgIpc) is 3.15. The summed E-state index contributed by atoms with van der Waals surface area (Å²) in [6.45, 7) is 1.79. The average molecular weight is 314 g/mol. The smallest absolute Gasteiger partial charge is 0.306 e. The number of carboxylic acid groups (broad SMARTS) is 1. The Morgan fingerprint density at radius 3 is 2.65 bits per heavy atom. The molecule has 1 heterocycles. The van der Waals surface area contributed by atoms with E-state index in [0.29, 0.717) is 25.0 Å². The molecular formula is C16H18N4O3. The molecule has 1 aliphatic rings. The molecule has 0 unspecified atom stereocenters. The fourth-order valence-electron chi connectivity index (χ4n) is 2.94. The first-order valence-electron chi connectivity index (χ1n) is 7.57. The molecule has 23 heavy (non-hydrogen) atoms. The van der Waals surface area contributed by atoms with Crippen molar-refractivity contribution in [3.05, 3.63) is 41.7 Å². The lowest BCUT2D eigenvalue weighted by molar-refractivity contribution is -0.141. The molecule has 0 radical (unpaired) electrons. The van der Waals surface area contributed by atoms with Crippen LogP contribution in [0.25, 0.3) is 5.69 Å². The minimum atomic E-state index is -0.798. The van der Waals surface area contributed by atoms with E-state index in [1.807, 2.05) is 30.3 Å². The third kappa shape index (κ3) is 3.08. The number of nitrogens with zero attached hydrogens (tertiary/aromatic N) is 3. The van der Waals surface area contributed by atoms with E-state index in [1.165, 1.54) is 0 Å². The Labute approximate surface area is 133 Å². The molecule has 7 heteroatoms. The minimum absolute atomic E-state index is 0.120. The van der Waals surface area contributed by atoms with Crippen molar-refractivity contribution in [2.75, 3.05) is 0 Å². The summed E-state index contributed by atoms with van der Waals surface area (Å²) in [5.41, 5.74) is 1.76. The lowest BCUT2D eigenvalue weighted by atomic mass is 10.1. The normalized spacial score (nSPS) is 20.4. The van der Waals surface area contributed by atoms with Gasteiger partial charge < -0.3 is 10.4 Å². The van der Waals surface area contributed by atoms with Crippen LogP contribution in [0.15, 0.2) is 30.3 Å². The molecule has 3 rings (SSSR count). The van der Waals surface area contributed by atoms with Crippen LogP contribution in [0.3, 0.4) is 0 Å². The SMILES string of the molecule is Cc1c(C(=O)N[C@@H]2CC[C@H](C(=O)O)C2)nnn1-c1ccccc1. The molecular weight excluding hydrogens is 296 g/mol. The lowest BCUT2D eigenvalue weighted by Gasteiger charge is -2.11. The number of amides is 1. The number of rotatable bonds is 4. The van der Waals surface area contributed by atoms with Gasteiger partial charge in [0, 0.05) is 6.04 Å². The summed E-state index contributed by atoms with van der Waals surface area (Å²) in [7, 11) is 0. The number of carboxylic acids is 1. The van der Waals surface area contributed by atoms with Gasteiger partial charge in [0.05, 0.1) is 17.3 Å². The number of carbonyl (C=O) groups is 2. The van der Waals surface area contributed by atoms with E-state index in [0.717, 1.165) is 5.69 Å². The molecule has 2 atom stereocenters. The van der Waals surface area contributed by atoms with Crippen molar-refractivity contribution in [3.8, 4) is 5.69 Å². The molecule has 0 saturated heterocycles. The van der Waals surface area contributed by atoms with Gasteiger partial charge in [0.1, 0.15) is 0 Å². The minimum Gasteiger partial charge on any atom is -0.481 e. The number of aliphatic carboxylic acids is 1. The first kappa shape index (κ1) is 15.2. The van der Waals surface area contributed by atoms with Crippen LogP contribution in [0.1, 0.15) is 35.4 Å². The fourth-order valence-corrected chi connectivity index (χ4v) is 2.94. The van der Waals surface area contributed by atoms with Crippen LogP contribution in [-0.4, -0.2) is 38.0 Å². The van der Waals surface area contributed by atoms with Crippen LogP contribution in [0.2, 0.25) is 0 Å². The molecule has 1 amide bonds. The molecule has 2 N–H and O–H groups in total. The predicted molar refractivity (Wildman–Crippen MR) is 82.3 cm³/mol. The molecule has 0 aliphatic heterocycles. The zero-order chi connectivity index (χ0) is 16.4. The van der Waals surface area contributed by atoms with Crippen molar-refractivity contribution >= 4 is 11.9 Å². The number of hydrogen-bond acceptors (Lipinski definition) is 4. The van der Waals surface area contributed by atoms with Gasteiger partial charge >= 0.3 is 5.97 Å². The van der Waals surface area contributed by atoms with Crippen LogP contribution in [0.4, 0.5) is 0 Å². The maximum Gasteiger partial charge on any atom is 0.306 e. The topological polar surface area (TPSA) is 97.1 Å². The van der Waals surface area contributed by atoms with E-state index < -0.39 is 5.97 Å². The Bertz CT molecular complexity index is 726. The van der Waals surface area contributed by atoms with Gasteiger partial charge in [-0.3, -0.25) is 9.59 Å².